The third kappa shape index (κ3) is 2.89. The number of amidine groups is 2. The zero-order valence-electron chi connectivity index (χ0n) is 7.51. The highest BCUT2D eigenvalue weighted by atomic mass is 32.1. The van der Waals surface area contributed by atoms with Crippen molar-refractivity contribution in [2.75, 3.05) is 0 Å². The number of hydrogen-bond acceptors (Lipinski definition) is 5. The van der Waals surface area contributed by atoms with Crippen molar-refractivity contribution in [1.29, 1.82) is 0 Å². The SMILES string of the molecule is CCCCC1=NC(S)=NC(S)N1N. The number of nitrogens with zero attached hydrogens (tertiary/aromatic N) is 3. The summed E-state index contributed by atoms with van der Waals surface area (Å²) >= 11 is 8.25. The Morgan fingerprint density at radius 2 is 2.31 bits per heavy atom. The lowest BCUT2D eigenvalue weighted by Gasteiger charge is -2.26. The van der Waals surface area contributed by atoms with E-state index in [1.807, 2.05) is 0 Å². The van der Waals surface area contributed by atoms with Crippen molar-refractivity contribution in [3.8, 4) is 0 Å². The molecule has 1 rings (SSSR count). The van der Waals surface area contributed by atoms with E-state index in [-0.39, 0.29) is 5.50 Å². The minimum atomic E-state index is -0.350. The molecule has 2 N–H and O–H groups in total. The molecule has 0 aliphatic carbocycles. The van der Waals surface area contributed by atoms with Crippen molar-refractivity contribution in [2.24, 2.45) is 15.8 Å². The highest BCUT2D eigenvalue weighted by Crippen LogP contribution is 2.13. The van der Waals surface area contributed by atoms with E-state index in [9.17, 15) is 0 Å². The van der Waals surface area contributed by atoms with Crippen molar-refractivity contribution >= 4 is 36.3 Å². The summed E-state index contributed by atoms with van der Waals surface area (Å²) in [6.07, 6.45) is 3.03. The van der Waals surface area contributed by atoms with E-state index in [1.165, 1.54) is 5.01 Å². The largest absolute Gasteiger partial charge is 0.264 e. The van der Waals surface area contributed by atoms with Gasteiger partial charge in [-0.1, -0.05) is 13.3 Å². The normalized spacial score (nSPS) is 22.8. The molecule has 0 spiro atoms. The van der Waals surface area contributed by atoms with E-state index < -0.39 is 0 Å². The third-order valence-corrected chi connectivity index (χ3v) is 2.34. The number of rotatable bonds is 3. The quantitative estimate of drug-likeness (QED) is 0.493. The van der Waals surface area contributed by atoms with Crippen molar-refractivity contribution in [2.45, 2.75) is 31.7 Å². The molecule has 1 aliphatic rings. The van der Waals surface area contributed by atoms with Crippen LogP contribution in [0.5, 0.6) is 0 Å². The van der Waals surface area contributed by atoms with Gasteiger partial charge in [-0.25, -0.2) is 15.8 Å². The molecular weight excluding hydrogens is 204 g/mol. The summed E-state index contributed by atoms with van der Waals surface area (Å²) in [5, 5.41) is 1.92. The van der Waals surface area contributed by atoms with Crippen molar-refractivity contribution in [3.63, 3.8) is 0 Å². The first-order valence-corrected chi connectivity index (χ1v) is 5.18. The van der Waals surface area contributed by atoms with Crippen LogP contribution in [0.1, 0.15) is 26.2 Å². The lowest BCUT2D eigenvalue weighted by Crippen LogP contribution is -2.44. The molecule has 74 valence electrons. The first kappa shape index (κ1) is 10.9. The van der Waals surface area contributed by atoms with E-state index >= 15 is 0 Å². The number of unbranched alkanes of at least 4 members (excludes halogenated alkanes) is 1. The van der Waals surface area contributed by atoms with Gasteiger partial charge in [0, 0.05) is 6.42 Å². The van der Waals surface area contributed by atoms with Gasteiger partial charge in [-0.15, -0.1) is 25.3 Å². The zero-order chi connectivity index (χ0) is 9.84. The van der Waals surface area contributed by atoms with E-state index in [0.717, 1.165) is 25.1 Å². The standard InChI is InChI=1S/C7H14N4S2/c1-2-3-4-5-9-6(12)10-7(13)11(5)8/h7,13H,2-4,8H2,1H3,(H,10,12). The van der Waals surface area contributed by atoms with Crippen LogP contribution in [0.2, 0.25) is 0 Å². The molecule has 0 saturated carbocycles. The maximum atomic E-state index is 5.71. The lowest BCUT2D eigenvalue weighted by atomic mass is 10.2. The molecule has 1 heterocycles. The Bertz CT molecular complexity index is 239. The Morgan fingerprint density at radius 1 is 1.62 bits per heavy atom. The van der Waals surface area contributed by atoms with Crippen LogP contribution in [0.3, 0.4) is 0 Å². The molecule has 0 fully saturated rings. The van der Waals surface area contributed by atoms with Crippen LogP contribution in [0.4, 0.5) is 0 Å². The van der Waals surface area contributed by atoms with Gasteiger partial charge in [0.05, 0.1) is 0 Å². The second kappa shape index (κ2) is 4.88. The number of nitrogens with two attached hydrogens (primary N) is 1. The van der Waals surface area contributed by atoms with Crippen molar-refractivity contribution in [3.05, 3.63) is 0 Å². The average molecular weight is 218 g/mol. The lowest BCUT2D eigenvalue weighted by molar-refractivity contribution is 0.409. The number of thiol groups is 2. The first-order valence-electron chi connectivity index (χ1n) is 4.21. The Balaban J connectivity index is 2.65. The van der Waals surface area contributed by atoms with Gasteiger partial charge in [-0.05, 0) is 6.42 Å². The highest BCUT2D eigenvalue weighted by molar-refractivity contribution is 7.97. The zero-order valence-corrected chi connectivity index (χ0v) is 9.30. The average Bonchev–Trinajstić information content (AvgIpc) is 2.09. The molecule has 0 radical (unpaired) electrons. The molecule has 0 bridgehead atoms. The van der Waals surface area contributed by atoms with Gasteiger partial charge >= 0.3 is 0 Å². The molecule has 1 atom stereocenters. The molecule has 0 amide bonds. The van der Waals surface area contributed by atoms with Crippen LogP contribution in [-0.2, 0) is 0 Å². The predicted molar refractivity (Wildman–Crippen MR) is 62.2 cm³/mol. The van der Waals surface area contributed by atoms with Gasteiger partial charge in [0.1, 0.15) is 5.84 Å². The summed E-state index contributed by atoms with van der Waals surface area (Å²) in [7, 11) is 0. The number of hydrazine groups is 1. The summed E-state index contributed by atoms with van der Waals surface area (Å²) in [6, 6.07) is 0. The molecule has 6 heteroatoms. The maximum Gasteiger partial charge on any atom is 0.184 e. The van der Waals surface area contributed by atoms with Crippen molar-refractivity contribution in [1.82, 2.24) is 5.01 Å². The van der Waals surface area contributed by atoms with E-state index in [4.69, 9.17) is 5.84 Å². The van der Waals surface area contributed by atoms with E-state index in [2.05, 4.69) is 42.2 Å². The van der Waals surface area contributed by atoms with Crippen LogP contribution in [0.15, 0.2) is 9.98 Å². The first-order chi connectivity index (χ1) is 6.15. The summed E-state index contributed by atoms with van der Waals surface area (Å²) in [5.74, 6) is 6.52. The fourth-order valence-corrected chi connectivity index (χ4v) is 1.58. The van der Waals surface area contributed by atoms with Gasteiger partial charge in [0.25, 0.3) is 0 Å². The molecule has 4 nitrogen and oxygen atoms in total. The third-order valence-electron chi connectivity index (χ3n) is 1.76. The Hall–Kier alpha value is -0.200. The van der Waals surface area contributed by atoms with Crippen LogP contribution in [0.25, 0.3) is 0 Å². The van der Waals surface area contributed by atoms with Crippen LogP contribution >= 0.6 is 25.3 Å². The summed E-state index contributed by atoms with van der Waals surface area (Å²) in [6.45, 7) is 2.12. The molecule has 1 aliphatic heterocycles. The molecule has 0 aromatic rings. The van der Waals surface area contributed by atoms with Gasteiger partial charge in [0.15, 0.2) is 10.7 Å². The van der Waals surface area contributed by atoms with Crippen LogP contribution < -0.4 is 5.84 Å². The van der Waals surface area contributed by atoms with E-state index in [1.54, 1.807) is 0 Å². The topological polar surface area (TPSA) is 54.0 Å². The molecule has 0 aromatic heterocycles. The van der Waals surface area contributed by atoms with Gasteiger partial charge in [-0.3, -0.25) is 5.01 Å². The monoisotopic (exact) mass is 218 g/mol. The maximum absolute atomic E-state index is 5.71. The van der Waals surface area contributed by atoms with E-state index in [0.29, 0.717) is 5.17 Å². The minimum Gasteiger partial charge on any atom is -0.264 e. The minimum absolute atomic E-state index is 0.350. The Morgan fingerprint density at radius 3 is 2.92 bits per heavy atom. The highest BCUT2D eigenvalue weighted by Gasteiger charge is 2.18. The molecule has 0 aromatic carbocycles. The van der Waals surface area contributed by atoms with Crippen LogP contribution in [0, 0.1) is 0 Å². The Kier molecular flexibility index (Phi) is 4.08. The Labute approximate surface area is 89.1 Å². The van der Waals surface area contributed by atoms with Gasteiger partial charge in [0.2, 0.25) is 0 Å². The van der Waals surface area contributed by atoms with Gasteiger partial charge < -0.3 is 0 Å². The number of hydrogen-bond donors (Lipinski definition) is 3. The van der Waals surface area contributed by atoms with Crippen molar-refractivity contribution < 1.29 is 0 Å². The fraction of sp³-hybridized carbons (Fsp3) is 0.714. The summed E-state index contributed by atoms with van der Waals surface area (Å²) in [5.41, 5.74) is -0.350. The summed E-state index contributed by atoms with van der Waals surface area (Å²) < 4.78 is 0. The second-order valence-electron chi connectivity index (χ2n) is 2.81. The van der Waals surface area contributed by atoms with Gasteiger partial charge in [-0.2, -0.15) is 0 Å². The smallest absolute Gasteiger partial charge is 0.184 e. The molecule has 1 unspecified atom stereocenters. The molecule has 0 saturated heterocycles. The van der Waals surface area contributed by atoms with Crippen LogP contribution in [-0.4, -0.2) is 21.5 Å². The summed E-state index contributed by atoms with van der Waals surface area (Å²) in [4.78, 5) is 8.11. The fourth-order valence-electron chi connectivity index (χ4n) is 1.02. The predicted octanol–water partition coefficient (Wildman–Crippen LogP) is 1.26. The second-order valence-corrected chi connectivity index (χ2v) is 3.68. The molecular formula is C7H14N4S2. The molecule has 13 heavy (non-hydrogen) atoms. The number of aliphatic imine (C=N–C) groups is 2.